The van der Waals surface area contributed by atoms with Crippen LogP contribution in [0.2, 0.25) is 5.02 Å². The number of pyridine rings is 1. The highest BCUT2D eigenvalue weighted by atomic mass is 35.5. The first kappa shape index (κ1) is 22.8. The normalized spacial score (nSPS) is 11.6. The maximum absolute atomic E-state index is 12.7. The summed E-state index contributed by atoms with van der Waals surface area (Å²) in [5.74, 6) is -0.418. The van der Waals surface area contributed by atoms with Gasteiger partial charge in [0.05, 0.1) is 21.8 Å². The largest absolute Gasteiger partial charge is 0.350 e. The SMILES string of the molecule is CCC(C)NC(=O)c1ccc(-c2cccc(NC(=O)c3ccc(SC)cc3Cl)c2)nc1. The topological polar surface area (TPSA) is 71.1 Å². The molecule has 7 heteroatoms. The number of nitrogens with one attached hydrogen (secondary N) is 2. The average Bonchev–Trinajstić information content (AvgIpc) is 2.79. The van der Waals surface area contributed by atoms with Crippen molar-refractivity contribution in [1.29, 1.82) is 0 Å². The summed E-state index contributed by atoms with van der Waals surface area (Å²) >= 11 is 7.83. The van der Waals surface area contributed by atoms with Gasteiger partial charge in [0, 0.05) is 28.4 Å². The van der Waals surface area contributed by atoms with Crippen LogP contribution in [0.15, 0.2) is 65.7 Å². The van der Waals surface area contributed by atoms with E-state index in [2.05, 4.69) is 15.6 Å². The van der Waals surface area contributed by atoms with Crippen molar-refractivity contribution in [3.05, 3.63) is 76.9 Å². The minimum atomic E-state index is -0.278. The van der Waals surface area contributed by atoms with E-state index >= 15 is 0 Å². The van der Waals surface area contributed by atoms with Gasteiger partial charge in [-0.25, -0.2) is 0 Å². The van der Waals surface area contributed by atoms with E-state index in [1.165, 1.54) is 0 Å². The lowest BCUT2D eigenvalue weighted by molar-refractivity contribution is 0.0938. The van der Waals surface area contributed by atoms with E-state index in [4.69, 9.17) is 11.6 Å². The third kappa shape index (κ3) is 5.87. The number of benzene rings is 2. The molecule has 0 aliphatic rings. The van der Waals surface area contributed by atoms with Crippen LogP contribution in [0.4, 0.5) is 5.69 Å². The number of halogens is 1. The number of hydrogen-bond acceptors (Lipinski definition) is 4. The van der Waals surface area contributed by atoms with Crippen molar-refractivity contribution >= 4 is 40.9 Å². The third-order valence-corrected chi connectivity index (χ3v) is 5.89. The summed E-state index contributed by atoms with van der Waals surface area (Å²) in [6, 6.07) is 16.4. The van der Waals surface area contributed by atoms with Gasteiger partial charge in [-0.3, -0.25) is 14.6 Å². The molecule has 3 rings (SSSR count). The number of rotatable bonds is 7. The second-order valence-electron chi connectivity index (χ2n) is 7.10. The van der Waals surface area contributed by atoms with Gasteiger partial charge in [-0.15, -0.1) is 11.8 Å². The number of carbonyl (C=O) groups excluding carboxylic acids is 2. The molecule has 5 nitrogen and oxygen atoms in total. The van der Waals surface area contributed by atoms with Gasteiger partial charge in [-0.05, 0) is 62.1 Å². The van der Waals surface area contributed by atoms with Crippen molar-refractivity contribution in [1.82, 2.24) is 10.3 Å². The molecule has 160 valence electrons. The third-order valence-electron chi connectivity index (χ3n) is 4.85. The summed E-state index contributed by atoms with van der Waals surface area (Å²) in [6.07, 6.45) is 4.38. The van der Waals surface area contributed by atoms with Gasteiger partial charge in [0.1, 0.15) is 0 Å². The van der Waals surface area contributed by atoms with Gasteiger partial charge < -0.3 is 10.6 Å². The number of nitrogens with zero attached hydrogens (tertiary/aromatic N) is 1. The van der Waals surface area contributed by atoms with Crippen molar-refractivity contribution in [3.63, 3.8) is 0 Å². The van der Waals surface area contributed by atoms with Gasteiger partial charge in [0.15, 0.2) is 0 Å². The molecular weight excluding hydrogens is 430 g/mol. The molecule has 0 saturated carbocycles. The highest BCUT2D eigenvalue weighted by molar-refractivity contribution is 7.98. The van der Waals surface area contributed by atoms with Crippen molar-refractivity contribution < 1.29 is 9.59 Å². The first-order valence-corrected chi connectivity index (χ1v) is 11.5. The predicted molar refractivity (Wildman–Crippen MR) is 128 cm³/mol. The van der Waals surface area contributed by atoms with E-state index in [0.29, 0.717) is 27.5 Å². The zero-order valence-corrected chi connectivity index (χ0v) is 19.2. The van der Waals surface area contributed by atoms with Crippen molar-refractivity contribution in [2.75, 3.05) is 11.6 Å². The molecule has 0 aliphatic carbocycles. The Morgan fingerprint density at radius 3 is 2.55 bits per heavy atom. The number of amides is 2. The second-order valence-corrected chi connectivity index (χ2v) is 8.38. The first-order chi connectivity index (χ1) is 14.9. The van der Waals surface area contributed by atoms with E-state index in [1.807, 2.05) is 44.4 Å². The van der Waals surface area contributed by atoms with Crippen molar-refractivity contribution in [3.8, 4) is 11.3 Å². The molecule has 0 aliphatic heterocycles. The quantitative estimate of drug-likeness (QED) is 0.436. The molecular formula is C24H24ClN3O2S. The Labute approximate surface area is 191 Å². The summed E-state index contributed by atoms with van der Waals surface area (Å²) in [6.45, 7) is 3.98. The molecule has 2 N–H and O–H groups in total. The van der Waals surface area contributed by atoms with Crippen LogP contribution in [0.5, 0.6) is 0 Å². The average molecular weight is 454 g/mol. The highest BCUT2D eigenvalue weighted by Crippen LogP contribution is 2.25. The van der Waals surface area contributed by atoms with E-state index in [9.17, 15) is 9.59 Å². The highest BCUT2D eigenvalue weighted by Gasteiger charge is 2.13. The van der Waals surface area contributed by atoms with Gasteiger partial charge in [-0.1, -0.05) is 30.7 Å². The predicted octanol–water partition coefficient (Wildman–Crippen LogP) is 5.90. The molecule has 2 aromatic carbocycles. The minimum absolute atomic E-state index is 0.109. The minimum Gasteiger partial charge on any atom is -0.350 e. The van der Waals surface area contributed by atoms with Crippen LogP contribution in [0.25, 0.3) is 11.3 Å². The van der Waals surface area contributed by atoms with Crippen LogP contribution < -0.4 is 10.6 Å². The van der Waals surface area contributed by atoms with Crippen LogP contribution in [-0.2, 0) is 0 Å². The van der Waals surface area contributed by atoms with Crippen LogP contribution in [-0.4, -0.2) is 29.1 Å². The zero-order chi connectivity index (χ0) is 22.4. The zero-order valence-electron chi connectivity index (χ0n) is 17.6. The van der Waals surface area contributed by atoms with Crippen LogP contribution in [0.1, 0.15) is 41.0 Å². The van der Waals surface area contributed by atoms with E-state index in [1.54, 1.807) is 48.3 Å². The molecule has 1 unspecified atom stereocenters. The number of aromatic nitrogens is 1. The van der Waals surface area contributed by atoms with E-state index < -0.39 is 0 Å². The Kier molecular flexibility index (Phi) is 7.71. The van der Waals surface area contributed by atoms with Gasteiger partial charge >= 0.3 is 0 Å². The Bertz CT molecular complexity index is 1090. The summed E-state index contributed by atoms with van der Waals surface area (Å²) in [4.78, 5) is 30.3. The maximum atomic E-state index is 12.7. The Morgan fingerprint density at radius 2 is 1.90 bits per heavy atom. The standard InChI is InChI=1S/C24H24ClN3O2S/c1-4-15(2)27-23(29)17-8-11-22(26-14-17)16-6-5-7-18(12-16)28-24(30)20-10-9-19(31-3)13-21(20)25/h5-15H,4H2,1-3H3,(H,27,29)(H,28,30). The van der Waals surface area contributed by atoms with E-state index in [-0.39, 0.29) is 17.9 Å². The maximum Gasteiger partial charge on any atom is 0.257 e. The fraction of sp³-hybridized carbons (Fsp3) is 0.208. The first-order valence-electron chi connectivity index (χ1n) is 9.93. The van der Waals surface area contributed by atoms with E-state index in [0.717, 1.165) is 16.9 Å². The molecule has 31 heavy (non-hydrogen) atoms. The molecule has 0 fully saturated rings. The number of hydrogen-bond donors (Lipinski definition) is 2. The molecule has 0 spiro atoms. The second kappa shape index (κ2) is 10.5. The van der Waals surface area contributed by atoms with Crippen LogP contribution in [0, 0.1) is 0 Å². The Morgan fingerprint density at radius 1 is 1.10 bits per heavy atom. The molecule has 3 aromatic rings. The van der Waals surface area contributed by atoms with Crippen molar-refractivity contribution in [2.45, 2.75) is 31.2 Å². The lowest BCUT2D eigenvalue weighted by atomic mass is 10.1. The molecule has 1 heterocycles. The fourth-order valence-electron chi connectivity index (χ4n) is 2.87. The van der Waals surface area contributed by atoms with Crippen LogP contribution >= 0.6 is 23.4 Å². The Balaban J connectivity index is 1.74. The summed E-state index contributed by atoms with van der Waals surface area (Å²) in [5.41, 5.74) is 3.10. The lowest BCUT2D eigenvalue weighted by Crippen LogP contribution is -2.31. The summed E-state index contributed by atoms with van der Waals surface area (Å²) in [5, 5.41) is 6.22. The van der Waals surface area contributed by atoms with Gasteiger partial charge in [0.2, 0.25) is 0 Å². The number of anilines is 1. The fourth-order valence-corrected chi connectivity index (χ4v) is 3.64. The smallest absolute Gasteiger partial charge is 0.257 e. The van der Waals surface area contributed by atoms with Crippen LogP contribution in [0.3, 0.4) is 0 Å². The number of carbonyl (C=O) groups is 2. The van der Waals surface area contributed by atoms with Gasteiger partial charge in [0.25, 0.3) is 11.8 Å². The lowest BCUT2D eigenvalue weighted by Gasteiger charge is -2.11. The number of thioether (sulfide) groups is 1. The molecule has 0 bridgehead atoms. The summed E-state index contributed by atoms with van der Waals surface area (Å²) in [7, 11) is 0. The molecule has 1 atom stereocenters. The molecule has 1 aromatic heterocycles. The summed E-state index contributed by atoms with van der Waals surface area (Å²) < 4.78 is 0. The van der Waals surface area contributed by atoms with Crippen molar-refractivity contribution in [2.24, 2.45) is 0 Å². The molecule has 0 radical (unpaired) electrons. The molecule has 0 saturated heterocycles. The molecule has 2 amide bonds. The Hall–Kier alpha value is -2.83. The monoisotopic (exact) mass is 453 g/mol. The van der Waals surface area contributed by atoms with Gasteiger partial charge in [-0.2, -0.15) is 0 Å².